The van der Waals surface area contributed by atoms with Gasteiger partial charge < -0.3 is 9.47 Å². The van der Waals surface area contributed by atoms with Gasteiger partial charge in [-0.2, -0.15) is 0 Å². The minimum atomic E-state index is -4.00. The van der Waals surface area contributed by atoms with Crippen molar-refractivity contribution in [1.29, 1.82) is 0 Å². The summed E-state index contributed by atoms with van der Waals surface area (Å²) in [5, 5.41) is 14.8. The number of rotatable bonds is 8. The molecule has 0 aliphatic heterocycles. The zero-order chi connectivity index (χ0) is 25.9. The van der Waals surface area contributed by atoms with Crippen LogP contribution in [0.15, 0.2) is 76.0 Å². The normalized spacial score (nSPS) is 11.1. The Morgan fingerprint density at radius 1 is 1.08 bits per heavy atom. The van der Waals surface area contributed by atoms with Gasteiger partial charge in [0.2, 0.25) is 9.84 Å². The number of benzene rings is 3. The molecular formula is C23H17N3O8S2. The summed E-state index contributed by atoms with van der Waals surface area (Å²) in [5.74, 6) is -1.20. The number of hydrogen-bond donors (Lipinski definition) is 1. The van der Waals surface area contributed by atoms with E-state index < -0.39 is 33.2 Å². The monoisotopic (exact) mass is 527 g/mol. The minimum absolute atomic E-state index is 0.0279. The first kappa shape index (κ1) is 24.8. The Bertz CT molecular complexity index is 1580. The molecule has 0 unspecified atom stereocenters. The lowest BCUT2D eigenvalue weighted by Crippen LogP contribution is -2.21. The van der Waals surface area contributed by atoms with E-state index in [-0.39, 0.29) is 25.5 Å². The number of amides is 1. The van der Waals surface area contributed by atoms with E-state index >= 15 is 0 Å². The second-order valence-corrected chi connectivity index (χ2v) is 10.5. The molecule has 13 heteroatoms. The molecule has 3 aromatic carbocycles. The molecule has 0 saturated heterocycles. The van der Waals surface area contributed by atoms with Crippen molar-refractivity contribution in [2.24, 2.45) is 0 Å². The number of fused-ring (bicyclic) bond motifs is 1. The Labute approximate surface area is 208 Å². The van der Waals surface area contributed by atoms with Crippen LogP contribution in [0.1, 0.15) is 10.4 Å². The van der Waals surface area contributed by atoms with E-state index in [1.807, 2.05) is 24.3 Å². The second kappa shape index (κ2) is 10.1. The third-order valence-electron chi connectivity index (χ3n) is 4.98. The molecular weight excluding hydrogens is 510 g/mol. The molecule has 36 heavy (non-hydrogen) atoms. The van der Waals surface area contributed by atoms with E-state index in [0.717, 1.165) is 41.2 Å². The van der Waals surface area contributed by atoms with E-state index in [9.17, 15) is 28.1 Å². The number of carbonyl (C=O) groups excluding carboxylic acids is 2. The maximum absolute atomic E-state index is 12.7. The summed E-state index contributed by atoms with van der Waals surface area (Å²) in [6, 6.07) is 15.0. The van der Waals surface area contributed by atoms with Gasteiger partial charge in [0, 0.05) is 12.1 Å². The predicted octanol–water partition coefficient (Wildman–Crippen LogP) is 3.84. The van der Waals surface area contributed by atoms with Gasteiger partial charge in [-0.3, -0.25) is 20.2 Å². The lowest BCUT2D eigenvalue weighted by molar-refractivity contribution is -0.384. The molecule has 4 aromatic rings. The van der Waals surface area contributed by atoms with E-state index in [4.69, 9.17) is 9.47 Å². The number of hydrogen-bond acceptors (Lipinski definition) is 10. The van der Waals surface area contributed by atoms with Gasteiger partial charge in [0.05, 0.1) is 23.1 Å². The van der Waals surface area contributed by atoms with Gasteiger partial charge >= 0.3 is 5.97 Å². The molecule has 4 rings (SSSR count). The zero-order valence-electron chi connectivity index (χ0n) is 18.5. The van der Waals surface area contributed by atoms with Crippen molar-refractivity contribution in [2.75, 3.05) is 19.0 Å². The summed E-state index contributed by atoms with van der Waals surface area (Å²) in [5.41, 5.74) is -0.100. The van der Waals surface area contributed by atoms with Crippen LogP contribution in [0.3, 0.4) is 0 Å². The molecule has 0 saturated carbocycles. The summed E-state index contributed by atoms with van der Waals surface area (Å²) in [4.78, 5) is 38.7. The van der Waals surface area contributed by atoms with Gasteiger partial charge in [-0.15, -0.1) is 0 Å². The highest BCUT2D eigenvalue weighted by atomic mass is 32.2. The second-order valence-electron chi connectivity index (χ2n) is 7.26. The smallest absolute Gasteiger partial charge is 0.342 e. The van der Waals surface area contributed by atoms with Crippen molar-refractivity contribution in [3.8, 4) is 5.75 Å². The molecule has 0 bridgehead atoms. The van der Waals surface area contributed by atoms with Gasteiger partial charge in [-0.1, -0.05) is 35.6 Å². The Morgan fingerprint density at radius 3 is 2.39 bits per heavy atom. The van der Waals surface area contributed by atoms with Crippen LogP contribution in [0.4, 0.5) is 10.8 Å². The van der Waals surface area contributed by atoms with Crippen LogP contribution < -0.4 is 10.1 Å². The number of nitrogens with one attached hydrogen (secondary N) is 1. The number of non-ortho nitro benzene ring substituents is 1. The Morgan fingerprint density at radius 2 is 1.75 bits per heavy atom. The molecule has 0 atom stereocenters. The van der Waals surface area contributed by atoms with Crippen molar-refractivity contribution in [3.63, 3.8) is 0 Å². The first-order chi connectivity index (χ1) is 17.2. The lowest BCUT2D eigenvalue weighted by Gasteiger charge is -2.10. The average Bonchev–Trinajstić information content (AvgIpc) is 3.35. The number of nitro groups is 1. The molecule has 1 heterocycles. The lowest BCUT2D eigenvalue weighted by atomic mass is 10.1. The number of sulfone groups is 1. The van der Waals surface area contributed by atoms with E-state index in [2.05, 4.69) is 10.3 Å². The highest BCUT2D eigenvalue weighted by Crippen LogP contribution is 2.30. The molecule has 0 fully saturated rings. The van der Waals surface area contributed by atoms with Gasteiger partial charge in [-0.25, -0.2) is 18.2 Å². The van der Waals surface area contributed by atoms with E-state index in [0.29, 0.717) is 17.1 Å². The van der Waals surface area contributed by atoms with Crippen LogP contribution in [0, 0.1) is 10.1 Å². The Kier molecular flexibility index (Phi) is 6.94. The molecule has 1 amide bonds. The first-order valence-corrected chi connectivity index (χ1v) is 12.5. The summed E-state index contributed by atoms with van der Waals surface area (Å²) >= 11 is 0.686. The van der Waals surface area contributed by atoms with Crippen LogP contribution >= 0.6 is 11.3 Å². The largest absolute Gasteiger partial charge is 0.496 e. The molecule has 11 nitrogen and oxygen atoms in total. The Balaban J connectivity index is 1.41. The maximum atomic E-state index is 12.7. The highest BCUT2D eigenvalue weighted by Gasteiger charge is 2.23. The number of thiazole rings is 1. The van der Waals surface area contributed by atoms with Crippen molar-refractivity contribution >= 4 is 54.6 Å². The number of aromatic nitrogens is 1. The van der Waals surface area contributed by atoms with Crippen molar-refractivity contribution < 1.29 is 32.4 Å². The SMILES string of the molecule is COc1cc2ccccc2cc1C(=O)OCC(=O)Nc1ncc(S(=O)(=O)c2ccc([N+](=O)[O-])cc2)s1. The summed E-state index contributed by atoms with van der Waals surface area (Å²) in [6.07, 6.45) is 1.06. The topological polar surface area (TPSA) is 155 Å². The van der Waals surface area contributed by atoms with Crippen LogP contribution in [0.25, 0.3) is 10.8 Å². The fourth-order valence-corrected chi connectivity index (χ4v) is 5.67. The van der Waals surface area contributed by atoms with Crippen molar-refractivity contribution in [3.05, 3.63) is 82.5 Å². The molecule has 0 spiro atoms. The molecule has 0 aliphatic carbocycles. The predicted molar refractivity (Wildman–Crippen MR) is 130 cm³/mol. The third-order valence-corrected chi connectivity index (χ3v) is 8.12. The van der Waals surface area contributed by atoms with Gasteiger partial charge in [-0.05, 0) is 35.0 Å². The summed E-state index contributed by atoms with van der Waals surface area (Å²) in [7, 11) is -2.59. The third kappa shape index (κ3) is 5.16. The first-order valence-electron chi connectivity index (χ1n) is 10.2. The highest BCUT2D eigenvalue weighted by molar-refractivity contribution is 7.93. The van der Waals surface area contributed by atoms with Gasteiger partial charge in [0.15, 0.2) is 11.7 Å². The van der Waals surface area contributed by atoms with Gasteiger partial charge in [0.1, 0.15) is 15.5 Å². The van der Waals surface area contributed by atoms with E-state index in [1.54, 1.807) is 12.1 Å². The quantitative estimate of drug-likeness (QED) is 0.204. The molecule has 0 aliphatic rings. The van der Waals surface area contributed by atoms with Crippen LogP contribution in [-0.4, -0.2) is 43.9 Å². The van der Waals surface area contributed by atoms with Gasteiger partial charge in [0.25, 0.3) is 11.6 Å². The number of nitrogens with zero attached hydrogens (tertiary/aromatic N) is 2. The molecule has 0 radical (unpaired) electrons. The van der Waals surface area contributed by atoms with E-state index in [1.165, 1.54) is 7.11 Å². The number of carbonyl (C=O) groups is 2. The summed E-state index contributed by atoms with van der Waals surface area (Å²) in [6.45, 7) is -0.640. The fourth-order valence-electron chi connectivity index (χ4n) is 3.22. The number of ether oxygens (including phenoxy) is 2. The average molecular weight is 528 g/mol. The van der Waals surface area contributed by atoms with Crippen LogP contribution in [0.2, 0.25) is 0 Å². The molecule has 184 valence electrons. The van der Waals surface area contributed by atoms with Crippen LogP contribution in [0.5, 0.6) is 5.75 Å². The zero-order valence-corrected chi connectivity index (χ0v) is 20.2. The number of anilines is 1. The van der Waals surface area contributed by atoms with Crippen molar-refractivity contribution in [2.45, 2.75) is 9.10 Å². The fraction of sp³-hybridized carbons (Fsp3) is 0.0870. The van der Waals surface area contributed by atoms with Crippen molar-refractivity contribution in [1.82, 2.24) is 4.98 Å². The standard InChI is InChI=1S/C23H17N3O8S2/c1-33-19-11-15-5-3-2-4-14(15)10-18(19)22(28)34-13-20(27)25-23-24-12-21(35-23)36(31,32)17-8-6-16(7-9-17)26(29)30/h2-12H,13H2,1H3,(H,24,25,27). The molecule has 1 aromatic heterocycles. The molecule has 1 N–H and O–H groups in total. The number of methoxy groups -OCH3 is 1. The Hall–Kier alpha value is -4.36. The minimum Gasteiger partial charge on any atom is -0.496 e. The summed E-state index contributed by atoms with van der Waals surface area (Å²) < 4.78 is 35.7. The number of esters is 1. The van der Waals surface area contributed by atoms with Crippen LogP contribution in [-0.2, 0) is 19.4 Å². The maximum Gasteiger partial charge on any atom is 0.342 e. The number of nitro benzene ring substituents is 1.